The molecular weight excluding hydrogens is 366 g/mol. The van der Waals surface area contributed by atoms with Crippen LogP contribution in [0.25, 0.3) is 0 Å². The fraction of sp³-hybridized carbons (Fsp3) is 0.500. The molecule has 0 spiro atoms. The SMILES string of the molecule is C#Cc1cccc(NC(=O)CNC(=NC)NC2CCN(C(=O)C3CCCC3)C2)c1. The van der Waals surface area contributed by atoms with Gasteiger partial charge in [-0.15, -0.1) is 6.42 Å². The predicted molar refractivity (Wildman–Crippen MR) is 114 cm³/mol. The third kappa shape index (κ3) is 5.74. The number of amides is 2. The van der Waals surface area contributed by atoms with Gasteiger partial charge in [-0.1, -0.05) is 24.8 Å². The Morgan fingerprint density at radius 2 is 2.07 bits per heavy atom. The normalized spacial score (nSPS) is 19.7. The van der Waals surface area contributed by atoms with E-state index in [1.165, 1.54) is 0 Å². The van der Waals surface area contributed by atoms with Crippen LogP contribution in [0.2, 0.25) is 0 Å². The van der Waals surface area contributed by atoms with E-state index in [9.17, 15) is 9.59 Å². The Kier molecular flexibility index (Phi) is 7.12. The van der Waals surface area contributed by atoms with E-state index in [2.05, 4.69) is 26.9 Å². The van der Waals surface area contributed by atoms with Crippen LogP contribution in [0.3, 0.4) is 0 Å². The summed E-state index contributed by atoms with van der Waals surface area (Å²) >= 11 is 0. The first-order chi connectivity index (χ1) is 14.1. The molecule has 1 saturated heterocycles. The molecule has 154 valence electrons. The minimum atomic E-state index is -0.188. The molecule has 3 rings (SSSR count). The number of terminal acetylenes is 1. The topological polar surface area (TPSA) is 85.8 Å². The van der Waals surface area contributed by atoms with Crippen molar-refractivity contribution in [2.75, 3.05) is 32.0 Å². The summed E-state index contributed by atoms with van der Waals surface area (Å²) in [5, 5.41) is 9.15. The predicted octanol–water partition coefficient (Wildman–Crippen LogP) is 1.56. The minimum Gasteiger partial charge on any atom is -0.352 e. The molecule has 29 heavy (non-hydrogen) atoms. The van der Waals surface area contributed by atoms with Crippen LogP contribution < -0.4 is 16.0 Å². The fourth-order valence-corrected chi connectivity index (χ4v) is 3.95. The standard InChI is InChI=1S/C22H29N5O2/c1-3-16-7-6-10-18(13-16)25-20(28)14-24-22(23-2)26-19-11-12-27(15-19)21(29)17-8-4-5-9-17/h1,6-7,10,13,17,19H,4-5,8-9,11-12,14-15H2,2H3,(H,25,28)(H2,23,24,26). The van der Waals surface area contributed by atoms with Gasteiger partial charge in [0.2, 0.25) is 11.8 Å². The molecule has 0 bridgehead atoms. The van der Waals surface area contributed by atoms with Gasteiger partial charge in [-0.2, -0.15) is 0 Å². The Balaban J connectivity index is 1.43. The van der Waals surface area contributed by atoms with Crippen LogP contribution in [-0.4, -0.2) is 55.4 Å². The van der Waals surface area contributed by atoms with Crippen molar-refractivity contribution in [3.63, 3.8) is 0 Å². The van der Waals surface area contributed by atoms with Crippen molar-refractivity contribution in [3.8, 4) is 12.3 Å². The van der Waals surface area contributed by atoms with Crippen LogP contribution >= 0.6 is 0 Å². The highest BCUT2D eigenvalue weighted by Gasteiger charge is 2.32. The zero-order valence-electron chi connectivity index (χ0n) is 16.9. The van der Waals surface area contributed by atoms with Gasteiger partial charge in [0.05, 0.1) is 6.54 Å². The highest BCUT2D eigenvalue weighted by atomic mass is 16.2. The summed E-state index contributed by atoms with van der Waals surface area (Å²) in [6, 6.07) is 7.29. The lowest BCUT2D eigenvalue weighted by molar-refractivity contribution is -0.134. The minimum absolute atomic E-state index is 0.0807. The number of aliphatic imine (C=N–C) groups is 1. The van der Waals surface area contributed by atoms with E-state index in [0.717, 1.165) is 38.6 Å². The molecule has 1 aromatic carbocycles. The average Bonchev–Trinajstić information content (AvgIpc) is 3.43. The molecule has 2 amide bonds. The molecule has 1 saturated carbocycles. The van der Waals surface area contributed by atoms with Crippen molar-refractivity contribution in [3.05, 3.63) is 29.8 Å². The number of benzene rings is 1. The van der Waals surface area contributed by atoms with Crippen molar-refractivity contribution in [1.82, 2.24) is 15.5 Å². The molecule has 1 heterocycles. The molecule has 0 radical (unpaired) electrons. The molecule has 2 fully saturated rings. The largest absolute Gasteiger partial charge is 0.352 e. The van der Waals surface area contributed by atoms with E-state index in [4.69, 9.17) is 6.42 Å². The van der Waals surface area contributed by atoms with E-state index < -0.39 is 0 Å². The molecule has 1 aromatic rings. The number of likely N-dealkylation sites (tertiary alicyclic amines) is 1. The molecule has 2 aliphatic rings. The summed E-state index contributed by atoms with van der Waals surface area (Å²) in [6.07, 6.45) is 10.6. The van der Waals surface area contributed by atoms with Crippen molar-refractivity contribution < 1.29 is 9.59 Å². The summed E-state index contributed by atoms with van der Waals surface area (Å²) in [4.78, 5) is 30.9. The van der Waals surface area contributed by atoms with Gasteiger partial charge in [0.15, 0.2) is 5.96 Å². The van der Waals surface area contributed by atoms with Gasteiger partial charge >= 0.3 is 0 Å². The third-order valence-electron chi connectivity index (χ3n) is 5.50. The Hall–Kier alpha value is -3.01. The Morgan fingerprint density at radius 1 is 1.28 bits per heavy atom. The van der Waals surface area contributed by atoms with Crippen molar-refractivity contribution in [2.45, 2.75) is 38.1 Å². The highest BCUT2D eigenvalue weighted by Crippen LogP contribution is 2.27. The molecule has 0 aromatic heterocycles. The lowest BCUT2D eigenvalue weighted by Crippen LogP contribution is -2.47. The molecule has 7 heteroatoms. The van der Waals surface area contributed by atoms with Crippen LogP contribution in [0.1, 0.15) is 37.7 Å². The van der Waals surface area contributed by atoms with Gasteiger partial charge in [0, 0.05) is 43.3 Å². The summed E-state index contributed by atoms with van der Waals surface area (Å²) in [7, 11) is 1.67. The highest BCUT2D eigenvalue weighted by molar-refractivity contribution is 5.95. The maximum Gasteiger partial charge on any atom is 0.243 e. The Morgan fingerprint density at radius 3 is 2.79 bits per heavy atom. The second-order valence-electron chi connectivity index (χ2n) is 7.59. The zero-order valence-corrected chi connectivity index (χ0v) is 16.9. The van der Waals surface area contributed by atoms with Crippen LogP contribution in [0.15, 0.2) is 29.3 Å². The number of nitrogens with zero attached hydrogens (tertiary/aromatic N) is 2. The van der Waals surface area contributed by atoms with Crippen molar-refractivity contribution in [1.29, 1.82) is 0 Å². The number of nitrogens with one attached hydrogen (secondary N) is 3. The van der Waals surface area contributed by atoms with E-state index in [-0.39, 0.29) is 24.4 Å². The molecule has 1 unspecified atom stereocenters. The first kappa shape index (κ1) is 20.7. The van der Waals surface area contributed by atoms with Gasteiger partial charge in [0.1, 0.15) is 0 Å². The van der Waals surface area contributed by atoms with Crippen LogP contribution in [0.4, 0.5) is 5.69 Å². The average molecular weight is 396 g/mol. The maximum atomic E-state index is 12.6. The van der Waals surface area contributed by atoms with Gasteiger partial charge in [-0.25, -0.2) is 0 Å². The third-order valence-corrected chi connectivity index (χ3v) is 5.50. The smallest absolute Gasteiger partial charge is 0.243 e. The zero-order chi connectivity index (χ0) is 20.6. The molecule has 1 aliphatic carbocycles. The molecule has 1 atom stereocenters. The number of guanidine groups is 1. The maximum absolute atomic E-state index is 12.6. The second kappa shape index (κ2) is 9.97. The molecule has 3 N–H and O–H groups in total. The summed E-state index contributed by atoms with van der Waals surface area (Å²) < 4.78 is 0. The lowest BCUT2D eigenvalue weighted by atomic mass is 10.1. The number of rotatable bonds is 5. The number of carbonyl (C=O) groups excluding carboxylic acids is 2. The van der Waals surface area contributed by atoms with Crippen molar-refractivity contribution >= 4 is 23.5 Å². The fourth-order valence-electron chi connectivity index (χ4n) is 3.95. The first-order valence-electron chi connectivity index (χ1n) is 10.2. The number of carbonyl (C=O) groups is 2. The first-order valence-corrected chi connectivity index (χ1v) is 10.2. The Labute approximate surface area is 172 Å². The second-order valence-corrected chi connectivity index (χ2v) is 7.59. The number of anilines is 1. The quantitative estimate of drug-likeness (QED) is 0.401. The molecule has 1 aliphatic heterocycles. The lowest BCUT2D eigenvalue weighted by Gasteiger charge is -2.21. The number of hydrogen-bond acceptors (Lipinski definition) is 3. The van der Waals surface area contributed by atoms with E-state index in [1.54, 1.807) is 25.2 Å². The van der Waals surface area contributed by atoms with Crippen LogP contribution in [-0.2, 0) is 9.59 Å². The van der Waals surface area contributed by atoms with Crippen molar-refractivity contribution in [2.24, 2.45) is 10.9 Å². The summed E-state index contributed by atoms with van der Waals surface area (Å²) in [5.74, 6) is 3.42. The van der Waals surface area contributed by atoms with Crippen LogP contribution in [0.5, 0.6) is 0 Å². The Bertz CT molecular complexity index is 808. The van der Waals surface area contributed by atoms with E-state index in [1.807, 2.05) is 11.0 Å². The van der Waals surface area contributed by atoms with E-state index in [0.29, 0.717) is 29.7 Å². The number of hydrogen-bond donors (Lipinski definition) is 3. The summed E-state index contributed by atoms with van der Waals surface area (Å²) in [6.45, 7) is 1.54. The summed E-state index contributed by atoms with van der Waals surface area (Å²) in [5.41, 5.74) is 1.37. The molecule has 7 nitrogen and oxygen atoms in total. The van der Waals surface area contributed by atoms with E-state index >= 15 is 0 Å². The monoisotopic (exact) mass is 395 g/mol. The van der Waals surface area contributed by atoms with Crippen LogP contribution in [0, 0.1) is 18.3 Å². The van der Waals surface area contributed by atoms with Gasteiger partial charge in [-0.3, -0.25) is 14.6 Å². The van der Waals surface area contributed by atoms with Gasteiger partial charge in [-0.05, 0) is 37.5 Å². The molecular formula is C22H29N5O2. The van der Waals surface area contributed by atoms with Gasteiger partial charge in [0.25, 0.3) is 0 Å². The van der Waals surface area contributed by atoms with Gasteiger partial charge < -0.3 is 20.9 Å².